The van der Waals surface area contributed by atoms with Gasteiger partial charge in [-0.3, -0.25) is 0 Å². The molecule has 0 atom stereocenters. The van der Waals surface area contributed by atoms with E-state index in [0.29, 0.717) is 4.47 Å². The highest BCUT2D eigenvalue weighted by molar-refractivity contribution is 9.10. The summed E-state index contributed by atoms with van der Waals surface area (Å²) in [6.45, 7) is 0. The molecule has 1 aromatic carbocycles. The molecule has 0 aliphatic rings. The molecule has 0 spiro atoms. The van der Waals surface area contributed by atoms with Crippen molar-refractivity contribution in [1.29, 1.82) is 0 Å². The fourth-order valence-corrected chi connectivity index (χ4v) is 1.69. The van der Waals surface area contributed by atoms with Crippen LogP contribution >= 0.6 is 27.5 Å². The first kappa shape index (κ1) is 10.7. The maximum absolute atomic E-state index is 12.5. The van der Waals surface area contributed by atoms with Crippen LogP contribution in [-0.2, 0) is 0 Å². The van der Waals surface area contributed by atoms with Crippen molar-refractivity contribution in [2.45, 2.75) is 6.43 Å². The Kier molecular flexibility index (Phi) is 3.50. The van der Waals surface area contributed by atoms with Crippen LogP contribution in [0.2, 0.25) is 5.02 Å². The lowest BCUT2D eigenvalue weighted by molar-refractivity contribution is 0.146. The zero-order valence-electron chi connectivity index (χ0n) is 6.65. The predicted octanol–water partition coefficient (Wildman–Crippen LogP) is 4.05. The summed E-state index contributed by atoms with van der Waals surface area (Å²) in [6, 6.07) is 2.96. The highest BCUT2D eigenvalue weighted by Crippen LogP contribution is 2.39. The standard InChI is InChI=1S/C8H6BrClF2O/c1-13-7-5(10)3-2-4(9)6(7)8(11)12/h2-3,8H,1H3. The first-order valence-electron chi connectivity index (χ1n) is 3.38. The van der Waals surface area contributed by atoms with E-state index in [1.54, 1.807) is 0 Å². The van der Waals surface area contributed by atoms with Crippen LogP contribution in [-0.4, -0.2) is 7.11 Å². The molecule has 0 radical (unpaired) electrons. The number of alkyl halides is 2. The van der Waals surface area contributed by atoms with Crippen LogP contribution < -0.4 is 4.74 Å². The van der Waals surface area contributed by atoms with Crippen molar-refractivity contribution in [3.05, 3.63) is 27.2 Å². The minimum atomic E-state index is -2.61. The van der Waals surface area contributed by atoms with Gasteiger partial charge in [0.1, 0.15) is 5.75 Å². The second-order valence-corrected chi connectivity index (χ2v) is 3.54. The van der Waals surface area contributed by atoms with Gasteiger partial charge in [0, 0.05) is 4.47 Å². The summed E-state index contributed by atoms with van der Waals surface area (Å²) in [5.74, 6) is 0.0195. The fourth-order valence-electron chi connectivity index (χ4n) is 0.960. The predicted molar refractivity (Wildman–Crippen MR) is 50.7 cm³/mol. The van der Waals surface area contributed by atoms with Gasteiger partial charge in [0.15, 0.2) is 0 Å². The molecule has 0 heterocycles. The Bertz CT molecular complexity index is 317. The van der Waals surface area contributed by atoms with Crippen LogP contribution in [0.25, 0.3) is 0 Å². The van der Waals surface area contributed by atoms with Gasteiger partial charge in [-0.05, 0) is 12.1 Å². The second-order valence-electron chi connectivity index (χ2n) is 2.28. The zero-order valence-corrected chi connectivity index (χ0v) is 8.99. The summed E-state index contributed by atoms with van der Waals surface area (Å²) in [7, 11) is 1.31. The Balaban J connectivity index is 3.35. The molecule has 13 heavy (non-hydrogen) atoms. The number of rotatable bonds is 2. The van der Waals surface area contributed by atoms with Gasteiger partial charge in [0.2, 0.25) is 0 Å². The molecule has 0 aliphatic carbocycles. The monoisotopic (exact) mass is 270 g/mol. The Labute approximate surface area is 87.8 Å². The van der Waals surface area contributed by atoms with Gasteiger partial charge < -0.3 is 4.74 Å². The maximum atomic E-state index is 12.5. The molecule has 0 bridgehead atoms. The molecule has 1 aromatic rings. The minimum absolute atomic E-state index is 0.0195. The maximum Gasteiger partial charge on any atom is 0.268 e. The zero-order chi connectivity index (χ0) is 10.0. The summed E-state index contributed by atoms with van der Waals surface area (Å²) >= 11 is 8.67. The van der Waals surface area contributed by atoms with E-state index in [2.05, 4.69) is 15.9 Å². The lowest BCUT2D eigenvalue weighted by Crippen LogP contribution is -1.94. The largest absolute Gasteiger partial charge is 0.495 e. The molecule has 0 N–H and O–H groups in total. The number of halogens is 4. The average Bonchev–Trinajstić information content (AvgIpc) is 2.07. The summed E-state index contributed by atoms with van der Waals surface area (Å²) < 4.78 is 30.0. The van der Waals surface area contributed by atoms with Crippen molar-refractivity contribution in [2.75, 3.05) is 7.11 Å². The first-order chi connectivity index (χ1) is 6.07. The highest BCUT2D eigenvalue weighted by atomic mass is 79.9. The van der Waals surface area contributed by atoms with E-state index in [1.807, 2.05) is 0 Å². The highest BCUT2D eigenvalue weighted by Gasteiger charge is 2.19. The average molecular weight is 271 g/mol. The Morgan fingerprint density at radius 2 is 2.08 bits per heavy atom. The molecule has 0 amide bonds. The summed E-state index contributed by atoms with van der Waals surface area (Å²) in [5, 5.41) is 0.181. The minimum Gasteiger partial charge on any atom is -0.495 e. The summed E-state index contributed by atoms with van der Waals surface area (Å²) in [5.41, 5.74) is -0.213. The number of benzene rings is 1. The van der Waals surface area contributed by atoms with Crippen LogP contribution in [0.15, 0.2) is 16.6 Å². The van der Waals surface area contributed by atoms with Crippen LogP contribution in [0, 0.1) is 0 Å². The number of hydrogen-bond acceptors (Lipinski definition) is 1. The third kappa shape index (κ3) is 2.11. The van der Waals surface area contributed by atoms with E-state index in [1.165, 1.54) is 19.2 Å². The third-order valence-corrected chi connectivity index (χ3v) is 2.51. The molecule has 0 aliphatic heterocycles. The lowest BCUT2D eigenvalue weighted by Gasteiger charge is -2.10. The van der Waals surface area contributed by atoms with Crippen molar-refractivity contribution in [2.24, 2.45) is 0 Å². The third-order valence-electron chi connectivity index (χ3n) is 1.52. The normalized spacial score (nSPS) is 10.6. The van der Waals surface area contributed by atoms with Crippen molar-refractivity contribution in [3.63, 3.8) is 0 Å². The van der Waals surface area contributed by atoms with Crippen LogP contribution in [0.1, 0.15) is 12.0 Å². The molecule has 0 saturated carbocycles. The molecule has 5 heteroatoms. The van der Waals surface area contributed by atoms with Gasteiger partial charge in [-0.1, -0.05) is 27.5 Å². The summed E-state index contributed by atoms with van der Waals surface area (Å²) in [6.07, 6.45) is -2.61. The van der Waals surface area contributed by atoms with Crippen molar-refractivity contribution < 1.29 is 13.5 Å². The lowest BCUT2D eigenvalue weighted by atomic mass is 10.2. The summed E-state index contributed by atoms with van der Waals surface area (Å²) in [4.78, 5) is 0. The van der Waals surface area contributed by atoms with E-state index in [4.69, 9.17) is 16.3 Å². The molecule has 1 nitrogen and oxygen atoms in total. The van der Waals surface area contributed by atoms with Crippen LogP contribution in [0.4, 0.5) is 8.78 Å². The van der Waals surface area contributed by atoms with Gasteiger partial charge in [0.05, 0.1) is 17.7 Å². The van der Waals surface area contributed by atoms with E-state index >= 15 is 0 Å². The topological polar surface area (TPSA) is 9.23 Å². The van der Waals surface area contributed by atoms with Crippen LogP contribution in [0.5, 0.6) is 5.75 Å². The van der Waals surface area contributed by atoms with E-state index in [0.717, 1.165) is 0 Å². The number of hydrogen-bond donors (Lipinski definition) is 0. The molecular weight excluding hydrogens is 265 g/mol. The molecule has 72 valence electrons. The van der Waals surface area contributed by atoms with Crippen molar-refractivity contribution >= 4 is 27.5 Å². The molecule has 0 fully saturated rings. The van der Waals surface area contributed by atoms with Crippen LogP contribution in [0.3, 0.4) is 0 Å². The molecule has 0 unspecified atom stereocenters. The van der Waals surface area contributed by atoms with Crippen molar-refractivity contribution in [3.8, 4) is 5.75 Å². The smallest absolute Gasteiger partial charge is 0.268 e. The SMILES string of the molecule is COc1c(Cl)ccc(Br)c1C(F)F. The van der Waals surface area contributed by atoms with E-state index in [-0.39, 0.29) is 16.3 Å². The van der Waals surface area contributed by atoms with Gasteiger partial charge in [-0.15, -0.1) is 0 Å². The number of ether oxygens (including phenoxy) is 1. The van der Waals surface area contributed by atoms with Crippen molar-refractivity contribution in [1.82, 2.24) is 0 Å². The van der Waals surface area contributed by atoms with Gasteiger partial charge in [-0.2, -0.15) is 0 Å². The van der Waals surface area contributed by atoms with Gasteiger partial charge >= 0.3 is 0 Å². The molecule has 1 rings (SSSR count). The van der Waals surface area contributed by atoms with E-state index in [9.17, 15) is 8.78 Å². The van der Waals surface area contributed by atoms with Gasteiger partial charge in [-0.25, -0.2) is 8.78 Å². The first-order valence-corrected chi connectivity index (χ1v) is 4.55. The Morgan fingerprint density at radius 1 is 1.46 bits per heavy atom. The fraction of sp³-hybridized carbons (Fsp3) is 0.250. The van der Waals surface area contributed by atoms with E-state index < -0.39 is 6.43 Å². The quantitative estimate of drug-likeness (QED) is 0.788. The molecule has 0 saturated heterocycles. The number of methoxy groups -OCH3 is 1. The molecule has 0 aromatic heterocycles. The second kappa shape index (κ2) is 4.24. The Hall–Kier alpha value is -0.350. The van der Waals surface area contributed by atoms with Gasteiger partial charge in [0.25, 0.3) is 6.43 Å². The molecular formula is C8H6BrClF2O. The Morgan fingerprint density at radius 3 is 2.46 bits per heavy atom.